The summed E-state index contributed by atoms with van der Waals surface area (Å²) in [6.07, 6.45) is 5.50. The second-order valence-electron chi connectivity index (χ2n) is 5.51. The lowest BCUT2D eigenvalue weighted by atomic mass is 9.66. The van der Waals surface area contributed by atoms with Crippen LogP contribution in [0.15, 0.2) is 24.3 Å². The first-order chi connectivity index (χ1) is 8.34. The molecule has 0 bridgehead atoms. The molecule has 2 atom stereocenters. The minimum atomic E-state index is -0.127. The number of piperidine rings is 1. The van der Waals surface area contributed by atoms with Gasteiger partial charge in [-0.05, 0) is 48.4 Å². The van der Waals surface area contributed by atoms with Gasteiger partial charge in [-0.25, -0.2) is 4.39 Å². The van der Waals surface area contributed by atoms with E-state index in [0.717, 1.165) is 24.9 Å². The van der Waals surface area contributed by atoms with Crippen LogP contribution in [0.3, 0.4) is 0 Å². The highest BCUT2D eigenvalue weighted by Gasteiger charge is 2.35. The summed E-state index contributed by atoms with van der Waals surface area (Å²) in [6, 6.07) is 7.14. The fourth-order valence-electron chi connectivity index (χ4n) is 3.39. The van der Waals surface area contributed by atoms with Crippen LogP contribution in [0.2, 0.25) is 0 Å². The molecule has 17 heavy (non-hydrogen) atoms. The number of halogens is 1. The largest absolute Gasteiger partial charge is 0.316 e. The Morgan fingerprint density at radius 2 is 1.82 bits per heavy atom. The van der Waals surface area contributed by atoms with Gasteiger partial charge in [0.25, 0.3) is 0 Å². The highest BCUT2D eigenvalue weighted by atomic mass is 19.1. The zero-order chi connectivity index (χ0) is 11.7. The molecular formula is C15H20FN. The van der Waals surface area contributed by atoms with Crippen molar-refractivity contribution in [2.45, 2.75) is 31.6 Å². The van der Waals surface area contributed by atoms with Crippen molar-refractivity contribution < 1.29 is 4.39 Å². The molecule has 92 valence electrons. The summed E-state index contributed by atoms with van der Waals surface area (Å²) in [5.41, 5.74) is 1.32. The fraction of sp³-hybridized carbons (Fsp3) is 0.600. The van der Waals surface area contributed by atoms with Crippen LogP contribution < -0.4 is 5.32 Å². The molecule has 1 aromatic carbocycles. The third-order valence-electron chi connectivity index (χ3n) is 4.59. The van der Waals surface area contributed by atoms with Crippen molar-refractivity contribution >= 4 is 0 Å². The molecule has 3 rings (SSSR count). The molecule has 1 saturated carbocycles. The van der Waals surface area contributed by atoms with Crippen molar-refractivity contribution in [3.05, 3.63) is 35.6 Å². The molecular weight excluding hydrogens is 213 g/mol. The van der Waals surface area contributed by atoms with E-state index in [1.165, 1.54) is 31.2 Å². The molecule has 0 spiro atoms. The number of hydrogen-bond acceptors (Lipinski definition) is 1. The van der Waals surface area contributed by atoms with Gasteiger partial charge in [-0.15, -0.1) is 0 Å². The van der Waals surface area contributed by atoms with E-state index in [-0.39, 0.29) is 5.82 Å². The molecule has 2 fully saturated rings. The van der Waals surface area contributed by atoms with E-state index in [1.807, 2.05) is 12.1 Å². The molecule has 0 amide bonds. The summed E-state index contributed by atoms with van der Waals surface area (Å²) in [5.74, 6) is 2.20. The van der Waals surface area contributed by atoms with E-state index in [4.69, 9.17) is 0 Å². The lowest BCUT2D eigenvalue weighted by molar-refractivity contribution is 0.146. The van der Waals surface area contributed by atoms with E-state index < -0.39 is 0 Å². The van der Waals surface area contributed by atoms with Crippen LogP contribution in [-0.4, -0.2) is 13.1 Å². The Labute approximate surface area is 102 Å². The average molecular weight is 233 g/mol. The zero-order valence-corrected chi connectivity index (χ0v) is 10.2. The van der Waals surface area contributed by atoms with Crippen molar-refractivity contribution in [2.24, 2.45) is 11.8 Å². The molecule has 1 N–H and O–H groups in total. The van der Waals surface area contributed by atoms with E-state index in [9.17, 15) is 4.39 Å². The standard InChI is InChI=1S/C15H20FN/c16-13-6-4-12(5-7-13)15-10-17-9-8-14(15)11-2-1-3-11/h4-7,11,14-15,17H,1-3,8-10H2. The molecule has 1 aliphatic carbocycles. The van der Waals surface area contributed by atoms with Crippen molar-refractivity contribution in [3.63, 3.8) is 0 Å². The van der Waals surface area contributed by atoms with Crippen molar-refractivity contribution in [1.29, 1.82) is 0 Å². The fourth-order valence-corrected chi connectivity index (χ4v) is 3.39. The quantitative estimate of drug-likeness (QED) is 0.826. The first-order valence-electron chi connectivity index (χ1n) is 6.81. The highest BCUT2D eigenvalue weighted by Crippen LogP contribution is 2.43. The lowest BCUT2D eigenvalue weighted by Gasteiger charge is -2.42. The van der Waals surface area contributed by atoms with E-state index in [1.54, 1.807) is 12.1 Å². The molecule has 1 saturated heterocycles. The van der Waals surface area contributed by atoms with Gasteiger partial charge < -0.3 is 5.32 Å². The summed E-state index contributed by atoms with van der Waals surface area (Å²) in [6.45, 7) is 2.21. The number of hydrogen-bond donors (Lipinski definition) is 1. The molecule has 0 aromatic heterocycles. The third kappa shape index (κ3) is 2.23. The molecule has 2 aliphatic rings. The van der Waals surface area contributed by atoms with Crippen LogP contribution >= 0.6 is 0 Å². The maximum atomic E-state index is 13.0. The minimum Gasteiger partial charge on any atom is -0.316 e. The van der Waals surface area contributed by atoms with Gasteiger partial charge in [0.2, 0.25) is 0 Å². The summed E-state index contributed by atoms with van der Waals surface area (Å²) in [5, 5.41) is 3.49. The topological polar surface area (TPSA) is 12.0 Å². The van der Waals surface area contributed by atoms with Gasteiger partial charge >= 0.3 is 0 Å². The Balaban J connectivity index is 1.80. The Morgan fingerprint density at radius 3 is 2.47 bits per heavy atom. The van der Waals surface area contributed by atoms with Crippen LogP contribution in [0, 0.1) is 17.7 Å². The maximum Gasteiger partial charge on any atom is 0.123 e. The first-order valence-corrected chi connectivity index (χ1v) is 6.81. The highest BCUT2D eigenvalue weighted by molar-refractivity contribution is 5.22. The molecule has 1 heterocycles. The Hall–Kier alpha value is -0.890. The van der Waals surface area contributed by atoms with E-state index >= 15 is 0 Å². The molecule has 2 heteroatoms. The van der Waals surface area contributed by atoms with Crippen LogP contribution in [0.5, 0.6) is 0 Å². The van der Waals surface area contributed by atoms with Crippen LogP contribution in [-0.2, 0) is 0 Å². The zero-order valence-electron chi connectivity index (χ0n) is 10.2. The number of rotatable bonds is 2. The van der Waals surface area contributed by atoms with Gasteiger partial charge in [0.05, 0.1) is 0 Å². The van der Waals surface area contributed by atoms with E-state index in [0.29, 0.717) is 5.92 Å². The van der Waals surface area contributed by atoms with Crippen LogP contribution in [0.1, 0.15) is 37.2 Å². The number of nitrogens with one attached hydrogen (secondary N) is 1. The smallest absolute Gasteiger partial charge is 0.123 e. The summed E-state index contributed by atoms with van der Waals surface area (Å²) in [7, 11) is 0. The third-order valence-corrected chi connectivity index (χ3v) is 4.59. The van der Waals surface area contributed by atoms with Crippen molar-refractivity contribution in [1.82, 2.24) is 5.32 Å². The van der Waals surface area contributed by atoms with Crippen LogP contribution in [0.4, 0.5) is 4.39 Å². The lowest BCUT2D eigenvalue weighted by Crippen LogP contribution is -2.40. The maximum absolute atomic E-state index is 13.0. The second-order valence-corrected chi connectivity index (χ2v) is 5.51. The molecule has 1 nitrogen and oxygen atoms in total. The van der Waals surface area contributed by atoms with Crippen molar-refractivity contribution in [2.75, 3.05) is 13.1 Å². The van der Waals surface area contributed by atoms with Gasteiger partial charge in [-0.1, -0.05) is 31.4 Å². The summed E-state index contributed by atoms with van der Waals surface area (Å²) < 4.78 is 13.0. The van der Waals surface area contributed by atoms with Crippen molar-refractivity contribution in [3.8, 4) is 0 Å². The van der Waals surface area contributed by atoms with Gasteiger partial charge in [0.15, 0.2) is 0 Å². The first kappa shape index (κ1) is 11.2. The second kappa shape index (κ2) is 4.77. The number of benzene rings is 1. The Morgan fingerprint density at radius 1 is 1.06 bits per heavy atom. The molecule has 1 aliphatic heterocycles. The van der Waals surface area contributed by atoms with Gasteiger partial charge in [0.1, 0.15) is 5.82 Å². The van der Waals surface area contributed by atoms with Crippen LogP contribution in [0.25, 0.3) is 0 Å². The van der Waals surface area contributed by atoms with Gasteiger partial charge in [0, 0.05) is 6.54 Å². The van der Waals surface area contributed by atoms with Gasteiger partial charge in [-0.3, -0.25) is 0 Å². The van der Waals surface area contributed by atoms with E-state index in [2.05, 4.69) is 5.32 Å². The predicted octanol–water partition coefficient (Wildman–Crippen LogP) is 3.32. The minimum absolute atomic E-state index is 0.127. The monoisotopic (exact) mass is 233 g/mol. The predicted molar refractivity (Wildman–Crippen MR) is 67.5 cm³/mol. The average Bonchev–Trinajstić information content (AvgIpc) is 2.29. The SMILES string of the molecule is Fc1ccc(C2CNCCC2C2CCC2)cc1. The summed E-state index contributed by atoms with van der Waals surface area (Å²) in [4.78, 5) is 0. The Bertz CT molecular complexity index is 369. The summed E-state index contributed by atoms with van der Waals surface area (Å²) >= 11 is 0. The molecule has 2 unspecified atom stereocenters. The normalized spacial score (nSPS) is 29.9. The molecule has 1 aromatic rings. The van der Waals surface area contributed by atoms with Gasteiger partial charge in [-0.2, -0.15) is 0 Å². The molecule has 0 radical (unpaired) electrons. The Kier molecular flexibility index (Phi) is 3.15.